The molecule has 4 nitrogen and oxygen atoms in total. The van der Waals surface area contributed by atoms with Gasteiger partial charge in [0.15, 0.2) is 0 Å². The van der Waals surface area contributed by atoms with Crippen LogP contribution in [0.25, 0.3) is 0 Å². The van der Waals surface area contributed by atoms with Crippen LogP contribution in [0.1, 0.15) is 28.8 Å². The topological polar surface area (TPSA) is 40.6 Å². The molecule has 0 N–H and O–H groups in total. The van der Waals surface area contributed by atoms with Crippen LogP contribution < -0.4 is 4.90 Å². The minimum absolute atomic E-state index is 0.103. The molecule has 0 aromatic heterocycles. The summed E-state index contributed by atoms with van der Waals surface area (Å²) in [5, 5.41) is 0. The predicted octanol–water partition coefficient (Wildman–Crippen LogP) is 3.27. The van der Waals surface area contributed by atoms with Crippen LogP contribution in [0.15, 0.2) is 48.5 Å². The number of carbonyl (C=O) groups is 2. The Morgan fingerprint density at radius 1 is 1.00 bits per heavy atom. The first-order chi connectivity index (χ1) is 12.6. The monoisotopic (exact) mass is 352 g/mol. The van der Waals surface area contributed by atoms with Crippen molar-refractivity contribution in [3.63, 3.8) is 0 Å². The van der Waals surface area contributed by atoms with Crippen LogP contribution in [0.4, 0.5) is 10.1 Å². The molecule has 2 aliphatic rings. The molecular formula is C21H21FN2O2. The Hall–Kier alpha value is -2.69. The average molecular weight is 352 g/mol. The Kier molecular flexibility index (Phi) is 4.45. The van der Waals surface area contributed by atoms with Crippen LogP contribution >= 0.6 is 0 Å². The largest absolute Gasteiger partial charge is 0.338 e. The number of anilines is 1. The van der Waals surface area contributed by atoms with E-state index in [-0.39, 0.29) is 23.5 Å². The highest BCUT2D eigenvalue weighted by Crippen LogP contribution is 2.30. The smallest absolute Gasteiger partial charge is 0.253 e. The molecule has 2 aromatic rings. The fourth-order valence-electron chi connectivity index (χ4n) is 3.93. The molecular weight excluding hydrogens is 331 g/mol. The molecule has 0 bridgehead atoms. The molecule has 4 rings (SSSR count). The van der Waals surface area contributed by atoms with Gasteiger partial charge in [-0.05, 0) is 55.2 Å². The fraction of sp³-hybridized carbons (Fsp3) is 0.333. The van der Waals surface area contributed by atoms with E-state index in [4.69, 9.17) is 0 Å². The molecule has 26 heavy (non-hydrogen) atoms. The summed E-state index contributed by atoms with van der Waals surface area (Å²) >= 11 is 0. The van der Waals surface area contributed by atoms with E-state index < -0.39 is 0 Å². The summed E-state index contributed by atoms with van der Waals surface area (Å²) in [5.41, 5.74) is 2.67. The maximum atomic E-state index is 13.1. The van der Waals surface area contributed by atoms with Gasteiger partial charge in [0, 0.05) is 30.9 Å². The summed E-state index contributed by atoms with van der Waals surface area (Å²) in [6.45, 7) is 1.77. The number of fused-ring (bicyclic) bond motifs is 1. The minimum atomic E-state index is -0.360. The molecule has 2 heterocycles. The number of likely N-dealkylation sites (tertiary alicyclic amines) is 1. The van der Waals surface area contributed by atoms with Gasteiger partial charge in [0.25, 0.3) is 5.91 Å². The third-order valence-electron chi connectivity index (χ3n) is 5.30. The van der Waals surface area contributed by atoms with Crippen molar-refractivity contribution >= 4 is 17.5 Å². The predicted molar refractivity (Wildman–Crippen MR) is 97.5 cm³/mol. The number of hydrogen-bond acceptors (Lipinski definition) is 2. The Bertz CT molecular complexity index is 834. The molecule has 2 amide bonds. The third kappa shape index (κ3) is 3.09. The highest BCUT2D eigenvalue weighted by Gasteiger charge is 2.34. The quantitative estimate of drug-likeness (QED) is 0.832. The van der Waals surface area contributed by atoms with Gasteiger partial charge in [-0.3, -0.25) is 9.59 Å². The van der Waals surface area contributed by atoms with Gasteiger partial charge < -0.3 is 9.80 Å². The third-order valence-corrected chi connectivity index (χ3v) is 5.30. The summed E-state index contributed by atoms with van der Waals surface area (Å²) in [7, 11) is 0. The summed E-state index contributed by atoms with van der Waals surface area (Å²) in [4.78, 5) is 29.3. The fourth-order valence-corrected chi connectivity index (χ4v) is 3.93. The number of para-hydroxylation sites is 1. The van der Waals surface area contributed by atoms with Crippen molar-refractivity contribution < 1.29 is 14.0 Å². The number of halogens is 1. The average Bonchev–Trinajstić information content (AvgIpc) is 3.12. The highest BCUT2D eigenvalue weighted by atomic mass is 19.1. The Morgan fingerprint density at radius 3 is 2.58 bits per heavy atom. The molecule has 2 aromatic carbocycles. The van der Waals surface area contributed by atoms with Gasteiger partial charge in [0.1, 0.15) is 5.82 Å². The number of hydrogen-bond donors (Lipinski definition) is 0. The highest BCUT2D eigenvalue weighted by molar-refractivity contribution is 5.98. The van der Waals surface area contributed by atoms with Crippen molar-refractivity contribution in [3.8, 4) is 0 Å². The van der Waals surface area contributed by atoms with Crippen molar-refractivity contribution in [2.45, 2.75) is 19.3 Å². The second-order valence-electron chi connectivity index (χ2n) is 6.97. The first-order valence-electron chi connectivity index (χ1n) is 9.07. The molecule has 134 valence electrons. The van der Waals surface area contributed by atoms with Crippen LogP contribution in [0.3, 0.4) is 0 Å². The zero-order valence-corrected chi connectivity index (χ0v) is 14.5. The number of piperidine rings is 1. The molecule has 0 spiro atoms. The lowest BCUT2D eigenvalue weighted by molar-refractivity contribution is -0.123. The van der Waals surface area contributed by atoms with E-state index in [0.717, 1.165) is 24.9 Å². The van der Waals surface area contributed by atoms with E-state index in [0.29, 0.717) is 25.2 Å². The summed E-state index contributed by atoms with van der Waals surface area (Å²) in [6, 6.07) is 13.6. The van der Waals surface area contributed by atoms with Crippen LogP contribution in [-0.2, 0) is 11.2 Å². The van der Waals surface area contributed by atoms with Crippen LogP contribution in [-0.4, -0.2) is 36.3 Å². The first kappa shape index (κ1) is 16.8. The molecule has 0 saturated carbocycles. The standard InChI is InChI=1S/C21H21FN2O2/c22-18-9-7-16(8-10-18)20(25)23-12-3-5-17(14-23)21(26)24-13-11-15-4-1-2-6-19(15)24/h1-2,4,6-10,17H,3,5,11-14H2. The molecule has 0 aliphatic carbocycles. The SMILES string of the molecule is O=C(c1ccc(F)cc1)N1CCCC(C(=O)N2CCc3ccccc32)C1. The van der Waals surface area contributed by atoms with Crippen molar-refractivity contribution in [1.29, 1.82) is 0 Å². The molecule has 5 heteroatoms. The Morgan fingerprint density at radius 2 is 1.77 bits per heavy atom. The minimum Gasteiger partial charge on any atom is -0.338 e. The maximum Gasteiger partial charge on any atom is 0.253 e. The molecule has 2 aliphatic heterocycles. The van der Waals surface area contributed by atoms with Gasteiger partial charge >= 0.3 is 0 Å². The van der Waals surface area contributed by atoms with Crippen LogP contribution in [0.5, 0.6) is 0 Å². The first-order valence-corrected chi connectivity index (χ1v) is 9.07. The van der Waals surface area contributed by atoms with Gasteiger partial charge in [-0.25, -0.2) is 4.39 Å². The molecule has 0 radical (unpaired) electrons. The second-order valence-corrected chi connectivity index (χ2v) is 6.97. The Balaban J connectivity index is 1.48. The van der Waals surface area contributed by atoms with Gasteiger partial charge in [0.05, 0.1) is 5.92 Å². The van der Waals surface area contributed by atoms with Crippen LogP contribution in [0.2, 0.25) is 0 Å². The normalized spacial score (nSPS) is 19.3. The van der Waals surface area contributed by atoms with Gasteiger partial charge in [0.2, 0.25) is 5.91 Å². The number of rotatable bonds is 2. The molecule has 1 fully saturated rings. The van der Waals surface area contributed by atoms with E-state index in [2.05, 4.69) is 6.07 Å². The van der Waals surface area contributed by atoms with Gasteiger partial charge in [-0.1, -0.05) is 18.2 Å². The van der Waals surface area contributed by atoms with E-state index in [1.54, 1.807) is 4.90 Å². The molecule has 1 unspecified atom stereocenters. The molecule has 1 atom stereocenters. The van der Waals surface area contributed by atoms with Crippen molar-refractivity contribution in [2.24, 2.45) is 5.92 Å². The summed E-state index contributed by atoms with van der Waals surface area (Å²) < 4.78 is 13.1. The Labute approximate surface area is 152 Å². The lowest BCUT2D eigenvalue weighted by atomic mass is 9.95. The zero-order valence-electron chi connectivity index (χ0n) is 14.5. The number of carbonyl (C=O) groups excluding carboxylic acids is 2. The second kappa shape index (κ2) is 6.90. The lowest BCUT2D eigenvalue weighted by Gasteiger charge is -2.34. The lowest BCUT2D eigenvalue weighted by Crippen LogP contribution is -2.46. The van der Waals surface area contributed by atoms with Gasteiger partial charge in [-0.15, -0.1) is 0 Å². The van der Waals surface area contributed by atoms with Crippen molar-refractivity contribution in [2.75, 3.05) is 24.5 Å². The van der Waals surface area contributed by atoms with E-state index in [1.807, 2.05) is 23.1 Å². The number of amides is 2. The van der Waals surface area contributed by atoms with Crippen LogP contribution in [0, 0.1) is 11.7 Å². The maximum absolute atomic E-state index is 13.1. The van der Waals surface area contributed by atoms with Crippen molar-refractivity contribution in [1.82, 2.24) is 4.90 Å². The number of benzene rings is 2. The number of nitrogens with zero attached hydrogens (tertiary/aromatic N) is 2. The van der Waals surface area contributed by atoms with Crippen molar-refractivity contribution in [3.05, 3.63) is 65.5 Å². The van der Waals surface area contributed by atoms with Gasteiger partial charge in [-0.2, -0.15) is 0 Å². The van der Waals surface area contributed by atoms with E-state index in [9.17, 15) is 14.0 Å². The molecule has 1 saturated heterocycles. The zero-order chi connectivity index (χ0) is 18.1. The van der Waals surface area contributed by atoms with E-state index >= 15 is 0 Å². The summed E-state index contributed by atoms with van der Waals surface area (Å²) in [5.74, 6) is -0.573. The van der Waals surface area contributed by atoms with E-state index in [1.165, 1.54) is 29.8 Å². The summed E-state index contributed by atoms with van der Waals surface area (Å²) in [6.07, 6.45) is 2.48.